The molecule has 2 heterocycles. The van der Waals surface area contributed by atoms with Gasteiger partial charge >= 0.3 is 0 Å². The molecule has 2 N–H and O–H groups in total. The summed E-state index contributed by atoms with van der Waals surface area (Å²) in [6, 6.07) is 6.35. The summed E-state index contributed by atoms with van der Waals surface area (Å²) in [5, 5.41) is 6.85. The molecule has 0 unspecified atom stereocenters. The van der Waals surface area contributed by atoms with E-state index < -0.39 is 23.6 Å². The SMILES string of the molecule is CCNCCN1C(=O)c2ccc3c4c(ccc(c24)C1=O)C(=O)N(CCNC)C3=O. The van der Waals surface area contributed by atoms with Crippen LogP contribution in [-0.4, -0.2) is 73.2 Å². The molecule has 0 bridgehead atoms. The summed E-state index contributed by atoms with van der Waals surface area (Å²) < 4.78 is 0. The largest absolute Gasteiger partial charge is 0.318 e. The van der Waals surface area contributed by atoms with Crippen LogP contribution >= 0.6 is 0 Å². The third-order valence-corrected chi connectivity index (χ3v) is 5.41. The fraction of sp³-hybridized carbons (Fsp3) is 0.333. The topological polar surface area (TPSA) is 98.8 Å². The number of benzene rings is 2. The highest BCUT2D eigenvalue weighted by molar-refractivity contribution is 6.33. The molecule has 0 aromatic heterocycles. The van der Waals surface area contributed by atoms with Gasteiger partial charge in [-0.1, -0.05) is 6.92 Å². The van der Waals surface area contributed by atoms with Crippen molar-refractivity contribution < 1.29 is 19.2 Å². The van der Waals surface area contributed by atoms with Gasteiger partial charge in [-0.05, 0) is 37.9 Å². The van der Waals surface area contributed by atoms with Gasteiger partial charge in [0.15, 0.2) is 0 Å². The molecule has 4 rings (SSSR count). The number of amides is 4. The number of hydrogen-bond donors (Lipinski definition) is 2. The molecular weight excluding hydrogens is 372 g/mol. The molecule has 150 valence electrons. The molecule has 0 atom stereocenters. The summed E-state index contributed by atoms with van der Waals surface area (Å²) in [6.45, 7) is 4.17. The number of nitrogens with one attached hydrogen (secondary N) is 2. The molecule has 8 nitrogen and oxygen atoms in total. The van der Waals surface area contributed by atoms with E-state index in [9.17, 15) is 19.2 Å². The standard InChI is InChI=1S/C21H22N4O4/c1-3-23-9-11-25-20(28)14-6-4-12-16-13(5-7-15(17(14)16)21(25)29)19(27)24(18(12)26)10-8-22-2/h4-7,22-23H,3,8-11H2,1-2H3. The Morgan fingerprint density at radius 1 is 0.690 bits per heavy atom. The zero-order chi connectivity index (χ0) is 20.7. The van der Waals surface area contributed by atoms with E-state index in [4.69, 9.17) is 0 Å². The van der Waals surface area contributed by atoms with Crippen LogP contribution in [0.5, 0.6) is 0 Å². The quantitative estimate of drug-likeness (QED) is 0.534. The van der Waals surface area contributed by atoms with E-state index >= 15 is 0 Å². The summed E-state index contributed by atoms with van der Waals surface area (Å²) in [7, 11) is 1.75. The van der Waals surface area contributed by atoms with Crippen molar-refractivity contribution in [3.8, 4) is 0 Å². The first-order valence-corrected chi connectivity index (χ1v) is 9.68. The highest BCUT2D eigenvalue weighted by atomic mass is 16.2. The van der Waals surface area contributed by atoms with Gasteiger partial charge in [-0.25, -0.2) is 0 Å². The number of nitrogens with zero attached hydrogens (tertiary/aromatic N) is 2. The molecule has 29 heavy (non-hydrogen) atoms. The van der Waals surface area contributed by atoms with Crippen LogP contribution in [0.25, 0.3) is 10.8 Å². The predicted molar refractivity (Wildman–Crippen MR) is 107 cm³/mol. The van der Waals surface area contributed by atoms with E-state index in [2.05, 4.69) is 10.6 Å². The van der Waals surface area contributed by atoms with Crippen LogP contribution in [0.4, 0.5) is 0 Å². The van der Waals surface area contributed by atoms with Crippen molar-refractivity contribution in [2.24, 2.45) is 0 Å². The Labute approximate surface area is 167 Å². The van der Waals surface area contributed by atoms with Crippen LogP contribution in [-0.2, 0) is 0 Å². The van der Waals surface area contributed by atoms with Gasteiger partial charge in [0.05, 0.1) is 0 Å². The average molecular weight is 394 g/mol. The highest BCUT2D eigenvalue weighted by Crippen LogP contribution is 2.37. The van der Waals surface area contributed by atoms with Crippen molar-refractivity contribution >= 4 is 34.4 Å². The zero-order valence-electron chi connectivity index (χ0n) is 16.4. The Balaban J connectivity index is 1.85. The summed E-state index contributed by atoms with van der Waals surface area (Å²) in [4.78, 5) is 54.3. The van der Waals surface area contributed by atoms with Crippen molar-refractivity contribution in [1.82, 2.24) is 20.4 Å². The smallest absolute Gasteiger partial charge is 0.261 e. The fourth-order valence-corrected chi connectivity index (χ4v) is 3.97. The normalized spacial score (nSPS) is 15.7. The molecule has 2 aliphatic rings. The lowest BCUT2D eigenvalue weighted by Crippen LogP contribution is -2.46. The molecule has 0 spiro atoms. The Morgan fingerprint density at radius 2 is 1.07 bits per heavy atom. The van der Waals surface area contributed by atoms with Crippen LogP contribution < -0.4 is 10.6 Å². The van der Waals surface area contributed by atoms with E-state index in [0.29, 0.717) is 46.1 Å². The number of hydrogen-bond acceptors (Lipinski definition) is 6. The van der Waals surface area contributed by atoms with Crippen molar-refractivity contribution in [3.05, 3.63) is 46.5 Å². The lowest BCUT2D eigenvalue weighted by molar-refractivity contribution is 0.0591. The first-order chi connectivity index (χ1) is 14.0. The van der Waals surface area contributed by atoms with Crippen molar-refractivity contribution in [1.29, 1.82) is 0 Å². The molecule has 2 aromatic rings. The second-order valence-corrected chi connectivity index (χ2v) is 7.05. The maximum absolute atomic E-state index is 13.0. The van der Waals surface area contributed by atoms with Crippen LogP contribution in [0.15, 0.2) is 24.3 Å². The van der Waals surface area contributed by atoms with Crippen molar-refractivity contribution in [2.45, 2.75) is 6.92 Å². The predicted octanol–water partition coefficient (Wildman–Crippen LogP) is 0.861. The molecule has 0 fully saturated rings. The minimum atomic E-state index is -0.407. The van der Waals surface area contributed by atoms with E-state index in [0.717, 1.165) is 6.54 Å². The van der Waals surface area contributed by atoms with E-state index in [1.54, 1.807) is 31.3 Å². The number of rotatable bonds is 7. The first-order valence-electron chi connectivity index (χ1n) is 9.68. The first kappa shape index (κ1) is 19.2. The number of carbonyl (C=O) groups is 4. The monoisotopic (exact) mass is 394 g/mol. The third kappa shape index (κ3) is 2.83. The molecule has 0 aliphatic carbocycles. The van der Waals surface area contributed by atoms with Crippen LogP contribution in [0.2, 0.25) is 0 Å². The molecule has 0 saturated carbocycles. The third-order valence-electron chi connectivity index (χ3n) is 5.41. The molecule has 0 radical (unpaired) electrons. The Kier molecular flexibility index (Phi) is 4.89. The van der Waals surface area contributed by atoms with E-state index in [1.807, 2.05) is 6.92 Å². The molecular formula is C21H22N4O4. The lowest BCUT2D eigenvalue weighted by atomic mass is 9.86. The Hall–Kier alpha value is -3.10. The number of likely N-dealkylation sites (N-methyl/N-ethyl adjacent to an activating group) is 2. The van der Waals surface area contributed by atoms with Gasteiger partial charge in [0.2, 0.25) is 0 Å². The summed E-state index contributed by atoms with van der Waals surface area (Å²) in [6.07, 6.45) is 0. The van der Waals surface area contributed by atoms with Gasteiger partial charge in [-0.2, -0.15) is 0 Å². The average Bonchev–Trinajstić information content (AvgIpc) is 2.72. The second-order valence-electron chi connectivity index (χ2n) is 7.05. The highest BCUT2D eigenvalue weighted by Gasteiger charge is 2.39. The maximum atomic E-state index is 13.0. The molecule has 2 aliphatic heterocycles. The number of imide groups is 2. The minimum Gasteiger partial charge on any atom is -0.318 e. The zero-order valence-corrected chi connectivity index (χ0v) is 16.4. The molecule has 2 aromatic carbocycles. The Morgan fingerprint density at radius 3 is 1.41 bits per heavy atom. The summed E-state index contributed by atoms with van der Waals surface area (Å²) >= 11 is 0. The molecule has 8 heteroatoms. The summed E-state index contributed by atoms with van der Waals surface area (Å²) in [5.41, 5.74) is 1.39. The van der Waals surface area contributed by atoms with Gasteiger partial charge < -0.3 is 10.6 Å². The lowest BCUT2D eigenvalue weighted by Gasteiger charge is -2.32. The van der Waals surface area contributed by atoms with Gasteiger partial charge in [-0.3, -0.25) is 29.0 Å². The summed E-state index contributed by atoms with van der Waals surface area (Å²) in [5.74, 6) is -1.62. The van der Waals surface area contributed by atoms with Crippen LogP contribution in [0.1, 0.15) is 48.4 Å². The van der Waals surface area contributed by atoms with Gasteiger partial charge in [-0.15, -0.1) is 0 Å². The van der Waals surface area contributed by atoms with Gasteiger partial charge in [0.1, 0.15) is 0 Å². The molecule has 4 amide bonds. The van der Waals surface area contributed by atoms with E-state index in [-0.39, 0.29) is 13.1 Å². The van der Waals surface area contributed by atoms with E-state index in [1.165, 1.54) is 9.80 Å². The van der Waals surface area contributed by atoms with Crippen LogP contribution in [0.3, 0.4) is 0 Å². The maximum Gasteiger partial charge on any atom is 0.261 e. The number of carbonyl (C=O) groups excluding carboxylic acids is 4. The van der Waals surface area contributed by atoms with Gasteiger partial charge in [0.25, 0.3) is 23.6 Å². The molecule has 0 saturated heterocycles. The van der Waals surface area contributed by atoms with Crippen LogP contribution in [0, 0.1) is 0 Å². The van der Waals surface area contributed by atoms with Gasteiger partial charge in [0, 0.05) is 59.2 Å². The second kappa shape index (κ2) is 7.38. The van der Waals surface area contributed by atoms with Crippen molar-refractivity contribution in [3.63, 3.8) is 0 Å². The fourth-order valence-electron chi connectivity index (χ4n) is 3.97. The Bertz CT molecular complexity index is 992. The minimum absolute atomic E-state index is 0.245. The van der Waals surface area contributed by atoms with Crippen molar-refractivity contribution in [2.75, 3.05) is 39.8 Å².